The van der Waals surface area contributed by atoms with Gasteiger partial charge in [-0.3, -0.25) is 0 Å². The van der Waals surface area contributed by atoms with E-state index in [1.165, 1.54) is 23.6 Å². The first-order valence-corrected chi connectivity index (χ1v) is 8.92. The number of nitrogens with one attached hydrogen (secondary N) is 2. The summed E-state index contributed by atoms with van der Waals surface area (Å²) >= 11 is 0. The first-order chi connectivity index (χ1) is 9.06. The summed E-state index contributed by atoms with van der Waals surface area (Å²) < 4.78 is 28.2. The molecule has 1 fully saturated rings. The summed E-state index contributed by atoms with van der Waals surface area (Å²) in [5, 5.41) is 3.20. The van der Waals surface area contributed by atoms with Crippen molar-refractivity contribution in [3.05, 3.63) is 0 Å². The van der Waals surface area contributed by atoms with Crippen LogP contribution in [0.25, 0.3) is 0 Å². The van der Waals surface area contributed by atoms with Crippen LogP contribution in [0.5, 0.6) is 0 Å². The predicted octanol–water partition coefficient (Wildman–Crippen LogP) is 1.33. The Balaban J connectivity index is 2.24. The summed E-state index contributed by atoms with van der Waals surface area (Å²) in [6.07, 6.45) is 6.94. The number of hydrogen-bond donors (Lipinski definition) is 2. The van der Waals surface area contributed by atoms with Crippen molar-refractivity contribution in [1.29, 1.82) is 0 Å². The molecule has 0 saturated heterocycles. The van der Waals surface area contributed by atoms with Crippen LogP contribution in [0.4, 0.5) is 0 Å². The molecule has 1 aliphatic carbocycles. The van der Waals surface area contributed by atoms with Gasteiger partial charge in [-0.05, 0) is 38.3 Å². The normalized spacial score (nSPS) is 18.1. The Bertz CT molecular complexity index is 327. The first kappa shape index (κ1) is 16.9. The van der Waals surface area contributed by atoms with E-state index in [4.69, 9.17) is 0 Å². The van der Waals surface area contributed by atoms with Gasteiger partial charge in [-0.1, -0.05) is 26.2 Å². The molecule has 114 valence electrons. The molecule has 0 atom stereocenters. The molecule has 0 aliphatic heterocycles. The van der Waals surface area contributed by atoms with Crippen molar-refractivity contribution < 1.29 is 8.42 Å². The van der Waals surface area contributed by atoms with Crippen molar-refractivity contribution in [2.24, 2.45) is 5.92 Å². The van der Waals surface area contributed by atoms with E-state index in [-0.39, 0.29) is 0 Å². The summed E-state index contributed by atoms with van der Waals surface area (Å²) in [5.41, 5.74) is 0. The van der Waals surface area contributed by atoms with E-state index in [1.807, 2.05) is 6.92 Å². The zero-order chi connectivity index (χ0) is 14.1. The van der Waals surface area contributed by atoms with Crippen LogP contribution < -0.4 is 10.0 Å². The molecule has 6 heteroatoms. The quantitative estimate of drug-likeness (QED) is 0.630. The second kappa shape index (κ2) is 8.89. The maximum atomic E-state index is 12.0. The summed E-state index contributed by atoms with van der Waals surface area (Å²) in [6.45, 7) is 4.99. The van der Waals surface area contributed by atoms with Gasteiger partial charge in [-0.25, -0.2) is 4.72 Å². The Hall–Kier alpha value is -0.170. The van der Waals surface area contributed by atoms with E-state index < -0.39 is 10.2 Å². The van der Waals surface area contributed by atoms with Crippen LogP contribution in [0, 0.1) is 5.92 Å². The molecule has 0 heterocycles. The zero-order valence-corrected chi connectivity index (χ0v) is 13.1. The average Bonchev–Trinajstić information content (AvgIpc) is 2.42. The fourth-order valence-corrected chi connectivity index (χ4v) is 3.48. The van der Waals surface area contributed by atoms with Gasteiger partial charge < -0.3 is 5.32 Å². The fraction of sp³-hybridized carbons (Fsp3) is 1.00. The minimum absolute atomic E-state index is 0.527. The highest BCUT2D eigenvalue weighted by molar-refractivity contribution is 7.87. The van der Waals surface area contributed by atoms with E-state index in [0.717, 1.165) is 32.4 Å². The molecule has 1 saturated carbocycles. The molecule has 0 amide bonds. The van der Waals surface area contributed by atoms with Crippen molar-refractivity contribution in [2.45, 2.75) is 45.4 Å². The Morgan fingerprint density at radius 2 is 1.89 bits per heavy atom. The third-order valence-electron chi connectivity index (χ3n) is 3.77. The predicted molar refractivity (Wildman–Crippen MR) is 79.3 cm³/mol. The lowest BCUT2D eigenvalue weighted by Gasteiger charge is -2.24. The van der Waals surface area contributed by atoms with E-state index >= 15 is 0 Å². The van der Waals surface area contributed by atoms with Gasteiger partial charge in [-0.2, -0.15) is 12.7 Å². The topological polar surface area (TPSA) is 61.4 Å². The molecule has 0 unspecified atom stereocenters. The van der Waals surface area contributed by atoms with Crippen LogP contribution in [0.1, 0.15) is 45.4 Å². The Morgan fingerprint density at radius 3 is 2.53 bits per heavy atom. The fourth-order valence-electron chi connectivity index (χ4n) is 2.45. The SMILES string of the molecule is CCNCCCN(C)S(=O)(=O)NCC1CCCCC1. The highest BCUT2D eigenvalue weighted by Crippen LogP contribution is 2.22. The molecule has 0 aromatic rings. The van der Waals surface area contributed by atoms with Crippen molar-refractivity contribution in [3.8, 4) is 0 Å². The van der Waals surface area contributed by atoms with E-state index in [2.05, 4.69) is 10.0 Å². The standard InChI is InChI=1S/C13H29N3O2S/c1-3-14-10-7-11-16(2)19(17,18)15-12-13-8-5-4-6-9-13/h13-15H,3-12H2,1-2H3. The summed E-state index contributed by atoms with van der Waals surface area (Å²) in [6, 6.07) is 0. The largest absolute Gasteiger partial charge is 0.317 e. The van der Waals surface area contributed by atoms with Crippen LogP contribution >= 0.6 is 0 Å². The zero-order valence-electron chi connectivity index (χ0n) is 12.3. The van der Waals surface area contributed by atoms with Crippen LogP contribution in [0.3, 0.4) is 0 Å². The maximum Gasteiger partial charge on any atom is 0.279 e. The summed E-state index contributed by atoms with van der Waals surface area (Å²) in [5.74, 6) is 0.527. The van der Waals surface area contributed by atoms with Gasteiger partial charge in [0.1, 0.15) is 0 Å². The van der Waals surface area contributed by atoms with Crippen LogP contribution in [0.15, 0.2) is 0 Å². The van der Waals surface area contributed by atoms with Crippen molar-refractivity contribution in [1.82, 2.24) is 14.3 Å². The number of hydrogen-bond acceptors (Lipinski definition) is 3. The van der Waals surface area contributed by atoms with Crippen LogP contribution in [-0.4, -0.2) is 45.9 Å². The minimum Gasteiger partial charge on any atom is -0.317 e. The van der Waals surface area contributed by atoms with Crippen LogP contribution in [-0.2, 0) is 10.2 Å². The van der Waals surface area contributed by atoms with Gasteiger partial charge in [0.2, 0.25) is 0 Å². The van der Waals surface area contributed by atoms with E-state index in [0.29, 0.717) is 19.0 Å². The summed E-state index contributed by atoms with van der Waals surface area (Å²) in [4.78, 5) is 0. The lowest BCUT2D eigenvalue weighted by atomic mass is 9.90. The highest BCUT2D eigenvalue weighted by atomic mass is 32.2. The Morgan fingerprint density at radius 1 is 1.21 bits per heavy atom. The second-order valence-electron chi connectivity index (χ2n) is 5.39. The third kappa shape index (κ3) is 6.70. The third-order valence-corrected chi connectivity index (χ3v) is 5.30. The molecule has 0 bridgehead atoms. The first-order valence-electron chi connectivity index (χ1n) is 7.48. The second-order valence-corrected chi connectivity index (χ2v) is 7.25. The van der Waals surface area contributed by atoms with Gasteiger partial charge in [-0.15, -0.1) is 0 Å². The van der Waals surface area contributed by atoms with E-state index in [9.17, 15) is 8.42 Å². The maximum absolute atomic E-state index is 12.0. The molecule has 5 nitrogen and oxygen atoms in total. The minimum atomic E-state index is -3.29. The number of nitrogens with zero attached hydrogens (tertiary/aromatic N) is 1. The van der Waals surface area contributed by atoms with E-state index in [1.54, 1.807) is 7.05 Å². The van der Waals surface area contributed by atoms with Crippen molar-refractivity contribution >= 4 is 10.2 Å². The van der Waals surface area contributed by atoms with Gasteiger partial charge in [0.25, 0.3) is 10.2 Å². The molecule has 0 aromatic carbocycles. The Kier molecular flexibility index (Phi) is 7.90. The lowest BCUT2D eigenvalue weighted by Crippen LogP contribution is -2.41. The molecule has 1 aliphatic rings. The molecular formula is C13H29N3O2S. The Labute approximate surface area is 118 Å². The van der Waals surface area contributed by atoms with Gasteiger partial charge in [0.15, 0.2) is 0 Å². The highest BCUT2D eigenvalue weighted by Gasteiger charge is 2.20. The van der Waals surface area contributed by atoms with Crippen molar-refractivity contribution in [3.63, 3.8) is 0 Å². The molecule has 1 rings (SSSR count). The van der Waals surface area contributed by atoms with Crippen LogP contribution in [0.2, 0.25) is 0 Å². The summed E-state index contributed by atoms with van der Waals surface area (Å²) in [7, 11) is -1.64. The lowest BCUT2D eigenvalue weighted by molar-refractivity contribution is 0.352. The molecule has 0 aromatic heterocycles. The van der Waals surface area contributed by atoms with Gasteiger partial charge >= 0.3 is 0 Å². The van der Waals surface area contributed by atoms with Gasteiger partial charge in [0, 0.05) is 20.1 Å². The van der Waals surface area contributed by atoms with Crippen molar-refractivity contribution in [2.75, 3.05) is 33.2 Å². The smallest absolute Gasteiger partial charge is 0.279 e. The molecule has 0 radical (unpaired) electrons. The number of rotatable bonds is 9. The molecular weight excluding hydrogens is 262 g/mol. The van der Waals surface area contributed by atoms with Gasteiger partial charge in [0.05, 0.1) is 0 Å². The average molecular weight is 291 g/mol. The monoisotopic (exact) mass is 291 g/mol. The molecule has 0 spiro atoms. The molecule has 2 N–H and O–H groups in total. The molecule has 19 heavy (non-hydrogen) atoms.